The van der Waals surface area contributed by atoms with E-state index in [2.05, 4.69) is 30.5 Å². The average molecular weight is 392 g/mol. The van der Waals surface area contributed by atoms with Gasteiger partial charge in [0.15, 0.2) is 5.82 Å². The van der Waals surface area contributed by atoms with Crippen molar-refractivity contribution in [1.29, 1.82) is 0 Å². The molecule has 7 nitrogen and oxygen atoms in total. The number of fused-ring (bicyclic) bond motifs is 1. The molecule has 8 heteroatoms. The first-order valence-corrected chi connectivity index (χ1v) is 9.08. The molecule has 0 radical (unpaired) electrons. The number of hydrogen-bond donors (Lipinski definition) is 1. The van der Waals surface area contributed by atoms with Crippen LogP contribution in [0.5, 0.6) is 0 Å². The van der Waals surface area contributed by atoms with Gasteiger partial charge in [0.25, 0.3) is 0 Å². The molecule has 0 saturated heterocycles. The van der Waals surface area contributed by atoms with Crippen LogP contribution in [0.1, 0.15) is 23.9 Å². The van der Waals surface area contributed by atoms with Gasteiger partial charge >= 0.3 is 0 Å². The Hall–Kier alpha value is -3.32. The lowest BCUT2D eigenvalue weighted by Gasteiger charge is -2.08. The van der Waals surface area contributed by atoms with Crippen LogP contribution in [0, 0.1) is 13.8 Å². The molecule has 28 heavy (non-hydrogen) atoms. The lowest BCUT2D eigenvalue weighted by molar-refractivity contribution is 0.949. The number of nitrogens with one attached hydrogen (secondary N) is 1. The molecule has 0 spiro atoms. The van der Waals surface area contributed by atoms with Gasteiger partial charge in [-0.25, -0.2) is 19.9 Å². The molecular weight excluding hydrogens is 374 g/mol. The summed E-state index contributed by atoms with van der Waals surface area (Å²) < 4.78 is 1.96. The quantitative estimate of drug-likeness (QED) is 0.414. The van der Waals surface area contributed by atoms with E-state index in [1.807, 2.05) is 43.5 Å². The molecule has 1 N–H and O–H groups in total. The fourth-order valence-electron chi connectivity index (χ4n) is 2.83. The van der Waals surface area contributed by atoms with Gasteiger partial charge in [-0.3, -0.25) is 9.99 Å². The van der Waals surface area contributed by atoms with Crippen molar-refractivity contribution in [2.24, 2.45) is 5.10 Å². The van der Waals surface area contributed by atoms with Gasteiger partial charge in [-0.2, -0.15) is 5.10 Å². The number of nitrogens with zero attached hydrogens (tertiary/aromatic N) is 6. The minimum Gasteiger partial charge on any atom is -0.287 e. The number of hydrazone groups is 1. The molecule has 0 aliphatic carbocycles. The summed E-state index contributed by atoms with van der Waals surface area (Å²) in [5, 5.41) is 5.97. The third kappa shape index (κ3) is 3.44. The summed E-state index contributed by atoms with van der Waals surface area (Å²) in [5.41, 5.74) is 7.59. The van der Waals surface area contributed by atoms with E-state index in [0.29, 0.717) is 10.8 Å². The lowest BCUT2D eigenvalue weighted by Crippen LogP contribution is -2.05. The normalized spacial score (nSPS) is 11.8. The zero-order valence-electron chi connectivity index (χ0n) is 15.7. The number of imidazole rings is 1. The average Bonchev–Trinajstić information content (AvgIpc) is 3.04. The molecule has 3 aromatic heterocycles. The van der Waals surface area contributed by atoms with Crippen LogP contribution in [0.4, 0.5) is 5.82 Å². The zero-order valence-corrected chi connectivity index (χ0v) is 16.4. The van der Waals surface area contributed by atoms with Crippen LogP contribution in [0.15, 0.2) is 54.3 Å². The second kappa shape index (κ2) is 7.36. The van der Waals surface area contributed by atoms with Crippen molar-refractivity contribution in [3.8, 4) is 5.82 Å². The smallest absolute Gasteiger partial charge is 0.157 e. The van der Waals surface area contributed by atoms with Crippen molar-refractivity contribution in [2.75, 3.05) is 5.43 Å². The molecule has 0 amide bonds. The predicted molar refractivity (Wildman–Crippen MR) is 111 cm³/mol. The summed E-state index contributed by atoms with van der Waals surface area (Å²) in [7, 11) is 0. The first-order valence-electron chi connectivity index (χ1n) is 8.71. The maximum Gasteiger partial charge on any atom is 0.157 e. The Kier molecular flexibility index (Phi) is 4.75. The first kappa shape index (κ1) is 18.1. The van der Waals surface area contributed by atoms with E-state index < -0.39 is 0 Å². The maximum absolute atomic E-state index is 6.04. The summed E-state index contributed by atoms with van der Waals surface area (Å²) in [6.07, 6.45) is 5.03. The van der Waals surface area contributed by atoms with Crippen molar-refractivity contribution in [2.45, 2.75) is 20.8 Å². The molecule has 0 aliphatic rings. The molecule has 0 unspecified atom stereocenters. The Balaban J connectivity index is 1.63. The van der Waals surface area contributed by atoms with Crippen LogP contribution in [0.3, 0.4) is 0 Å². The minimum atomic E-state index is 0.622. The van der Waals surface area contributed by atoms with Gasteiger partial charge in [-0.05, 0) is 51.1 Å². The second-order valence-electron chi connectivity index (χ2n) is 6.38. The van der Waals surface area contributed by atoms with Crippen molar-refractivity contribution >= 4 is 34.0 Å². The van der Waals surface area contributed by atoms with Gasteiger partial charge < -0.3 is 0 Å². The van der Waals surface area contributed by atoms with Gasteiger partial charge in [0, 0.05) is 27.9 Å². The van der Waals surface area contributed by atoms with Crippen LogP contribution in [0.2, 0.25) is 5.02 Å². The van der Waals surface area contributed by atoms with Crippen molar-refractivity contribution in [3.05, 3.63) is 71.2 Å². The van der Waals surface area contributed by atoms with Crippen LogP contribution in [0.25, 0.3) is 16.7 Å². The molecule has 0 aliphatic heterocycles. The highest BCUT2D eigenvalue weighted by Gasteiger charge is 2.08. The largest absolute Gasteiger partial charge is 0.287 e. The summed E-state index contributed by atoms with van der Waals surface area (Å²) in [4.78, 5) is 17.3. The number of pyridine rings is 1. The molecule has 0 bridgehead atoms. The number of hydrogen-bond acceptors (Lipinski definition) is 6. The van der Waals surface area contributed by atoms with E-state index >= 15 is 0 Å². The van der Waals surface area contributed by atoms with Crippen molar-refractivity contribution in [1.82, 2.24) is 24.5 Å². The van der Waals surface area contributed by atoms with E-state index in [0.717, 1.165) is 39.4 Å². The van der Waals surface area contributed by atoms with E-state index in [1.54, 1.807) is 24.7 Å². The first-order chi connectivity index (χ1) is 13.5. The standard InChI is InChI=1S/C20H18ClN7/c1-12-14(3)28(11-25-12)19-8-15(6-7-22-19)13(2)26-27-20-17-5-4-16(21)9-18(17)23-10-24-20/h4-11H,1-3H3,(H,23,24,27). The second-order valence-corrected chi connectivity index (χ2v) is 6.82. The summed E-state index contributed by atoms with van der Waals surface area (Å²) in [6.45, 7) is 5.93. The maximum atomic E-state index is 6.04. The summed E-state index contributed by atoms with van der Waals surface area (Å²) >= 11 is 6.04. The van der Waals surface area contributed by atoms with Crippen molar-refractivity contribution < 1.29 is 0 Å². The number of halogens is 1. The Morgan fingerprint density at radius 3 is 2.71 bits per heavy atom. The fraction of sp³-hybridized carbons (Fsp3) is 0.150. The minimum absolute atomic E-state index is 0.622. The fourth-order valence-corrected chi connectivity index (χ4v) is 2.99. The summed E-state index contributed by atoms with van der Waals surface area (Å²) in [6, 6.07) is 9.37. The number of aromatic nitrogens is 5. The molecule has 0 saturated carbocycles. The Morgan fingerprint density at radius 2 is 1.93 bits per heavy atom. The highest BCUT2D eigenvalue weighted by molar-refractivity contribution is 6.31. The monoisotopic (exact) mass is 391 g/mol. The predicted octanol–water partition coefficient (Wildman–Crippen LogP) is 4.32. The highest BCUT2D eigenvalue weighted by Crippen LogP contribution is 2.22. The molecule has 0 fully saturated rings. The lowest BCUT2D eigenvalue weighted by atomic mass is 10.2. The van der Waals surface area contributed by atoms with Gasteiger partial charge in [-0.1, -0.05) is 11.6 Å². The van der Waals surface area contributed by atoms with Crippen LogP contribution < -0.4 is 5.43 Å². The van der Waals surface area contributed by atoms with Gasteiger partial charge in [0.2, 0.25) is 0 Å². The third-order valence-electron chi connectivity index (χ3n) is 4.59. The van der Waals surface area contributed by atoms with Gasteiger partial charge in [0.05, 0.1) is 16.9 Å². The number of aryl methyl sites for hydroxylation is 1. The number of benzene rings is 1. The molecule has 140 valence electrons. The summed E-state index contributed by atoms with van der Waals surface area (Å²) in [5.74, 6) is 1.42. The van der Waals surface area contributed by atoms with E-state index in [1.165, 1.54) is 6.33 Å². The Bertz CT molecular complexity index is 1200. The highest BCUT2D eigenvalue weighted by atomic mass is 35.5. The topological polar surface area (TPSA) is 80.9 Å². The van der Waals surface area contributed by atoms with Crippen molar-refractivity contribution in [3.63, 3.8) is 0 Å². The van der Waals surface area contributed by atoms with E-state index in [4.69, 9.17) is 11.6 Å². The Morgan fingerprint density at radius 1 is 1.07 bits per heavy atom. The zero-order chi connectivity index (χ0) is 19.7. The molecule has 4 rings (SSSR count). The van der Waals surface area contributed by atoms with Crippen LogP contribution >= 0.6 is 11.6 Å². The number of anilines is 1. The molecule has 0 atom stereocenters. The molecule has 1 aromatic carbocycles. The third-order valence-corrected chi connectivity index (χ3v) is 4.83. The molecular formula is C20H18ClN7. The van der Waals surface area contributed by atoms with Gasteiger partial charge in [-0.15, -0.1) is 0 Å². The van der Waals surface area contributed by atoms with E-state index in [9.17, 15) is 0 Å². The number of rotatable bonds is 4. The van der Waals surface area contributed by atoms with Crippen LogP contribution in [-0.4, -0.2) is 30.2 Å². The van der Waals surface area contributed by atoms with Gasteiger partial charge in [0.1, 0.15) is 18.5 Å². The Labute approximate surface area is 167 Å². The molecule has 4 aromatic rings. The molecule has 3 heterocycles. The SMILES string of the molecule is CC(=NNc1ncnc2cc(Cl)ccc12)c1ccnc(-n2cnc(C)c2C)c1. The van der Waals surface area contributed by atoms with Crippen LogP contribution in [-0.2, 0) is 0 Å². The van der Waals surface area contributed by atoms with E-state index in [-0.39, 0.29) is 0 Å².